The van der Waals surface area contributed by atoms with Crippen molar-refractivity contribution < 1.29 is 0 Å². The highest BCUT2D eigenvalue weighted by atomic mass is 16.1. The van der Waals surface area contributed by atoms with Crippen molar-refractivity contribution in [2.45, 2.75) is 19.4 Å². The SMILES string of the molecule is Cc1cc(-n2ccnc2)cc2[nH]c(-c3c(NC(Cc4ccccc4)c4ccccn4)cc[nH]c3=O)nc12. The van der Waals surface area contributed by atoms with Gasteiger partial charge in [-0.05, 0) is 54.8 Å². The highest BCUT2D eigenvalue weighted by Gasteiger charge is 2.20. The molecule has 0 bridgehead atoms. The van der Waals surface area contributed by atoms with Crippen molar-refractivity contribution in [2.24, 2.45) is 0 Å². The van der Waals surface area contributed by atoms with Gasteiger partial charge in [0.05, 0.1) is 34.8 Å². The smallest absolute Gasteiger partial charge is 0.261 e. The summed E-state index contributed by atoms with van der Waals surface area (Å²) in [5.41, 5.74) is 6.61. The van der Waals surface area contributed by atoms with Crippen LogP contribution in [-0.4, -0.2) is 29.5 Å². The molecule has 6 rings (SSSR count). The Kier molecular flexibility index (Phi) is 5.82. The number of aromatic nitrogens is 6. The fourth-order valence-corrected chi connectivity index (χ4v) is 4.63. The maximum atomic E-state index is 13.1. The molecule has 0 aliphatic heterocycles. The van der Waals surface area contributed by atoms with Crippen LogP contribution in [0.4, 0.5) is 5.69 Å². The number of hydrogen-bond acceptors (Lipinski definition) is 5. The van der Waals surface area contributed by atoms with E-state index < -0.39 is 0 Å². The summed E-state index contributed by atoms with van der Waals surface area (Å²) >= 11 is 0. The molecule has 0 fully saturated rings. The Bertz CT molecular complexity index is 1700. The lowest BCUT2D eigenvalue weighted by Crippen LogP contribution is -2.19. The van der Waals surface area contributed by atoms with Gasteiger partial charge in [0.2, 0.25) is 0 Å². The van der Waals surface area contributed by atoms with Gasteiger partial charge in [-0.25, -0.2) is 9.97 Å². The Labute approximate surface area is 213 Å². The Balaban J connectivity index is 1.42. The van der Waals surface area contributed by atoms with Gasteiger partial charge in [0.15, 0.2) is 0 Å². The van der Waals surface area contributed by atoms with Crippen LogP contribution < -0.4 is 10.9 Å². The van der Waals surface area contributed by atoms with E-state index in [0.717, 1.165) is 28.0 Å². The van der Waals surface area contributed by atoms with E-state index in [0.29, 0.717) is 23.5 Å². The van der Waals surface area contributed by atoms with Crippen molar-refractivity contribution in [2.75, 3.05) is 5.32 Å². The fourth-order valence-electron chi connectivity index (χ4n) is 4.63. The molecule has 0 saturated heterocycles. The number of aryl methyl sites for hydroxylation is 1. The Morgan fingerprint density at radius 3 is 2.68 bits per heavy atom. The molecule has 4 aromatic heterocycles. The number of H-pyrrole nitrogens is 2. The lowest BCUT2D eigenvalue weighted by atomic mass is 10.0. The molecule has 1 atom stereocenters. The maximum absolute atomic E-state index is 13.1. The average Bonchev–Trinajstić information content (AvgIpc) is 3.60. The lowest BCUT2D eigenvalue weighted by molar-refractivity contribution is 0.746. The van der Waals surface area contributed by atoms with Crippen LogP contribution in [0.1, 0.15) is 22.9 Å². The van der Waals surface area contributed by atoms with Gasteiger partial charge >= 0.3 is 0 Å². The molecule has 0 saturated carbocycles. The van der Waals surface area contributed by atoms with Crippen LogP contribution in [0, 0.1) is 6.92 Å². The van der Waals surface area contributed by atoms with Crippen LogP contribution in [0.15, 0.2) is 103 Å². The van der Waals surface area contributed by atoms with E-state index in [4.69, 9.17) is 4.98 Å². The van der Waals surface area contributed by atoms with Gasteiger partial charge in [0, 0.05) is 30.5 Å². The third kappa shape index (κ3) is 4.52. The predicted octanol–water partition coefficient (Wildman–Crippen LogP) is 5.20. The zero-order valence-electron chi connectivity index (χ0n) is 20.2. The maximum Gasteiger partial charge on any atom is 0.261 e. The molecule has 1 unspecified atom stereocenters. The van der Waals surface area contributed by atoms with E-state index in [-0.39, 0.29) is 11.6 Å². The van der Waals surface area contributed by atoms with Crippen LogP contribution >= 0.6 is 0 Å². The standard InChI is InChI=1S/C29H25N7O/c1-19-15-21(36-14-13-30-18-36)17-25-27(19)35-28(34-25)26-23(10-12-32-29(26)37)33-24(22-9-5-6-11-31-22)16-20-7-3-2-4-8-20/h2-15,17-18,24H,16H2,1H3,(H,34,35)(H2,32,33,37). The second-order valence-electron chi connectivity index (χ2n) is 8.95. The van der Waals surface area contributed by atoms with Gasteiger partial charge in [0.1, 0.15) is 11.4 Å². The summed E-state index contributed by atoms with van der Waals surface area (Å²) in [4.78, 5) is 32.9. The molecule has 3 N–H and O–H groups in total. The number of pyridine rings is 2. The monoisotopic (exact) mass is 487 g/mol. The van der Waals surface area contributed by atoms with Gasteiger partial charge in [-0.2, -0.15) is 0 Å². The molecular formula is C29H25N7O. The van der Waals surface area contributed by atoms with Crippen molar-refractivity contribution in [1.82, 2.24) is 29.5 Å². The number of nitrogens with zero attached hydrogens (tertiary/aromatic N) is 4. The molecule has 0 amide bonds. The van der Waals surface area contributed by atoms with Crippen LogP contribution in [-0.2, 0) is 6.42 Å². The van der Waals surface area contributed by atoms with Crippen molar-refractivity contribution in [1.29, 1.82) is 0 Å². The first kappa shape index (κ1) is 22.5. The summed E-state index contributed by atoms with van der Waals surface area (Å²) in [6, 6.07) is 21.9. The third-order valence-electron chi connectivity index (χ3n) is 6.42. The summed E-state index contributed by atoms with van der Waals surface area (Å²) in [6.45, 7) is 2.01. The number of benzene rings is 2. The minimum absolute atomic E-state index is 0.150. The van der Waals surface area contributed by atoms with Gasteiger partial charge in [0.25, 0.3) is 5.56 Å². The first-order valence-electron chi connectivity index (χ1n) is 12.1. The number of nitrogens with one attached hydrogen (secondary N) is 3. The van der Waals surface area contributed by atoms with Gasteiger partial charge < -0.3 is 19.9 Å². The molecule has 182 valence electrons. The zero-order valence-corrected chi connectivity index (χ0v) is 20.2. The average molecular weight is 488 g/mol. The molecule has 37 heavy (non-hydrogen) atoms. The summed E-state index contributed by atoms with van der Waals surface area (Å²) in [5, 5.41) is 3.59. The van der Waals surface area contributed by atoms with Crippen LogP contribution in [0.25, 0.3) is 28.1 Å². The van der Waals surface area contributed by atoms with E-state index >= 15 is 0 Å². The topological polar surface area (TPSA) is 104 Å². The quantitative estimate of drug-likeness (QED) is 0.287. The number of rotatable bonds is 7. The van der Waals surface area contributed by atoms with E-state index in [1.165, 1.54) is 5.56 Å². The highest BCUT2D eigenvalue weighted by molar-refractivity contribution is 5.86. The van der Waals surface area contributed by atoms with Gasteiger partial charge in [-0.1, -0.05) is 36.4 Å². The normalized spacial score (nSPS) is 12.0. The molecule has 0 aliphatic carbocycles. The summed E-state index contributed by atoms with van der Waals surface area (Å²) in [7, 11) is 0. The molecule has 0 aliphatic rings. The summed E-state index contributed by atoms with van der Waals surface area (Å²) in [6.07, 6.45) is 9.54. The zero-order chi connectivity index (χ0) is 25.2. The largest absolute Gasteiger partial charge is 0.376 e. The second kappa shape index (κ2) is 9.58. The number of anilines is 1. The lowest BCUT2D eigenvalue weighted by Gasteiger charge is -2.21. The Morgan fingerprint density at radius 2 is 1.89 bits per heavy atom. The Morgan fingerprint density at radius 1 is 1.03 bits per heavy atom. The highest BCUT2D eigenvalue weighted by Crippen LogP contribution is 2.30. The van der Waals surface area contributed by atoms with Gasteiger partial charge in [-0.3, -0.25) is 9.78 Å². The molecular weight excluding hydrogens is 462 g/mol. The molecule has 0 spiro atoms. The fraction of sp³-hybridized carbons (Fsp3) is 0.103. The number of aromatic amines is 2. The Hall–Kier alpha value is -4.98. The van der Waals surface area contributed by atoms with Gasteiger partial charge in [-0.15, -0.1) is 0 Å². The summed E-state index contributed by atoms with van der Waals surface area (Å²) in [5.74, 6) is 0.504. The van der Waals surface area contributed by atoms with Crippen molar-refractivity contribution in [3.05, 3.63) is 125 Å². The van der Waals surface area contributed by atoms with Crippen molar-refractivity contribution >= 4 is 16.7 Å². The van der Waals surface area contributed by atoms with E-state index in [2.05, 4.69) is 43.5 Å². The van der Waals surface area contributed by atoms with Crippen molar-refractivity contribution in [3.8, 4) is 17.1 Å². The number of fused-ring (bicyclic) bond motifs is 1. The van der Waals surface area contributed by atoms with Crippen LogP contribution in [0.5, 0.6) is 0 Å². The summed E-state index contributed by atoms with van der Waals surface area (Å²) < 4.78 is 1.94. The first-order chi connectivity index (χ1) is 18.2. The van der Waals surface area contributed by atoms with Crippen LogP contribution in [0.2, 0.25) is 0 Å². The minimum Gasteiger partial charge on any atom is -0.376 e. The number of hydrogen-bond donors (Lipinski definition) is 3. The minimum atomic E-state index is -0.226. The molecule has 2 aromatic carbocycles. The van der Waals surface area contributed by atoms with Crippen molar-refractivity contribution in [3.63, 3.8) is 0 Å². The van der Waals surface area contributed by atoms with E-state index in [1.807, 2.05) is 66.2 Å². The predicted molar refractivity (Wildman–Crippen MR) is 145 cm³/mol. The molecule has 8 heteroatoms. The molecule has 0 radical (unpaired) electrons. The molecule has 4 heterocycles. The molecule has 6 aromatic rings. The second-order valence-corrected chi connectivity index (χ2v) is 8.95. The van der Waals surface area contributed by atoms with Crippen LogP contribution in [0.3, 0.4) is 0 Å². The number of imidazole rings is 2. The first-order valence-corrected chi connectivity index (χ1v) is 12.1. The molecule has 8 nitrogen and oxygen atoms in total. The third-order valence-corrected chi connectivity index (χ3v) is 6.42. The van der Waals surface area contributed by atoms with E-state index in [1.54, 1.807) is 24.9 Å². The van der Waals surface area contributed by atoms with E-state index in [9.17, 15) is 4.79 Å².